The maximum absolute atomic E-state index is 5.84. The minimum absolute atomic E-state index is 0.170. The van der Waals surface area contributed by atoms with Gasteiger partial charge in [-0.3, -0.25) is 16.2 Å². The van der Waals surface area contributed by atoms with Crippen molar-refractivity contribution >= 4 is 0 Å². The van der Waals surface area contributed by atoms with Gasteiger partial charge in [0.15, 0.2) is 0 Å². The van der Waals surface area contributed by atoms with E-state index in [0.717, 1.165) is 38.6 Å². The smallest absolute Gasteiger partial charge is 0.0594 e. The molecule has 4 heteroatoms. The van der Waals surface area contributed by atoms with E-state index >= 15 is 0 Å². The van der Waals surface area contributed by atoms with Crippen molar-refractivity contribution in [2.45, 2.75) is 51.1 Å². The number of nitrogens with two attached hydrogens (primary N) is 1. The molecule has 1 aliphatic carbocycles. The molecule has 1 aliphatic heterocycles. The van der Waals surface area contributed by atoms with Crippen LogP contribution in [0.2, 0.25) is 0 Å². The molecular formula is C13H27N3O. The van der Waals surface area contributed by atoms with Crippen LogP contribution < -0.4 is 11.3 Å². The van der Waals surface area contributed by atoms with Gasteiger partial charge >= 0.3 is 0 Å². The molecular weight excluding hydrogens is 214 g/mol. The molecule has 2 rings (SSSR count). The Bertz CT molecular complexity index is 239. The third-order valence-corrected chi connectivity index (χ3v) is 4.92. The molecule has 2 atom stereocenters. The first kappa shape index (κ1) is 13.3. The fourth-order valence-corrected chi connectivity index (χ4v) is 3.31. The maximum atomic E-state index is 5.84. The second-order valence-electron chi connectivity index (χ2n) is 5.65. The van der Waals surface area contributed by atoms with Crippen LogP contribution in [0.15, 0.2) is 0 Å². The zero-order valence-electron chi connectivity index (χ0n) is 11.2. The Hall–Kier alpha value is -0.160. The second-order valence-corrected chi connectivity index (χ2v) is 5.65. The summed E-state index contributed by atoms with van der Waals surface area (Å²) < 4.78 is 5.46. The summed E-state index contributed by atoms with van der Waals surface area (Å²) in [5, 5.41) is 0. The molecule has 1 heterocycles. The van der Waals surface area contributed by atoms with Gasteiger partial charge in [-0.2, -0.15) is 0 Å². The van der Waals surface area contributed by atoms with Crippen LogP contribution in [0.25, 0.3) is 0 Å². The molecule has 0 spiro atoms. The van der Waals surface area contributed by atoms with Gasteiger partial charge in [0.2, 0.25) is 0 Å². The van der Waals surface area contributed by atoms with Crippen molar-refractivity contribution in [1.29, 1.82) is 0 Å². The molecule has 2 aliphatic rings. The molecule has 17 heavy (non-hydrogen) atoms. The van der Waals surface area contributed by atoms with Crippen molar-refractivity contribution < 1.29 is 4.74 Å². The number of rotatable bonds is 5. The van der Waals surface area contributed by atoms with Crippen LogP contribution in [0.1, 0.15) is 39.5 Å². The van der Waals surface area contributed by atoms with Gasteiger partial charge in [0, 0.05) is 24.7 Å². The highest BCUT2D eigenvalue weighted by atomic mass is 16.5. The fraction of sp³-hybridized carbons (Fsp3) is 1.00. The highest BCUT2D eigenvalue weighted by Crippen LogP contribution is 2.37. The van der Waals surface area contributed by atoms with E-state index in [2.05, 4.69) is 24.2 Å². The van der Waals surface area contributed by atoms with E-state index in [1.807, 2.05) is 0 Å². The topological polar surface area (TPSA) is 50.5 Å². The lowest BCUT2D eigenvalue weighted by molar-refractivity contribution is -0.0477. The van der Waals surface area contributed by atoms with E-state index < -0.39 is 0 Å². The Morgan fingerprint density at radius 2 is 2.06 bits per heavy atom. The molecule has 100 valence electrons. The molecule has 0 aromatic heterocycles. The van der Waals surface area contributed by atoms with Crippen molar-refractivity contribution in [3.8, 4) is 0 Å². The van der Waals surface area contributed by atoms with Crippen LogP contribution in [0.3, 0.4) is 0 Å². The lowest BCUT2D eigenvalue weighted by Gasteiger charge is -2.51. The zero-order chi connectivity index (χ0) is 12.3. The first-order valence-corrected chi connectivity index (χ1v) is 7.01. The third kappa shape index (κ3) is 2.50. The van der Waals surface area contributed by atoms with Crippen LogP contribution in [-0.2, 0) is 4.74 Å². The van der Waals surface area contributed by atoms with Gasteiger partial charge in [-0.1, -0.05) is 13.3 Å². The predicted octanol–water partition coefficient (Wildman–Crippen LogP) is 1.12. The molecule has 1 saturated carbocycles. The van der Waals surface area contributed by atoms with Gasteiger partial charge in [-0.05, 0) is 32.1 Å². The Kier molecular flexibility index (Phi) is 4.42. The van der Waals surface area contributed by atoms with Crippen molar-refractivity contribution in [1.82, 2.24) is 10.3 Å². The first-order chi connectivity index (χ1) is 8.22. The van der Waals surface area contributed by atoms with E-state index in [4.69, 9.17) is 10.6 Å². The van der Waals surface area contributed by atoms with Gasteiger partial charge in [0.05, 0.1) is 13.2 Å². The van der Waals surface area contributed by atoms with Gasteiger partial charge in [0.1, 0.15) is 0 Å². The molecule has 1 saturated heterocycles. The summed E-state index contributed by atoms with van der Waals surface area (Å²) >= 11 is 0. The van der Waals surface area contributed by atoms with Gasteiger partial charge in [-0.25, -0.2) is 0 Å². The Balaban J connectivity index is 2.08. The number of hydrogen-bond donors (Lipinski definition) is 2. The fourth-order valence-electron chi connectivity index (χ4n) is 3.31. The van der Waals surface area contributed by atoms with E-state index in [1.54, 1.807) is 0 Å². The molecule has 3 N–H and O–H groups in total. The summed E-state index contributed by atoms with van der Waals surface area (Å²) in [4.78, 5) is 2.57. The number of hydrazine groups is 1. The van der Waals surface area contributed by atoms with E-state index in [9.17, 15) is 0 Å². The maximum Gasteiger partial charge on any atom is 0.0594 e. The normalized spacial score (nSPS) is 28.4. The number of hydrogen-bond acceptors (Lipinski definition) is 4. The van der Waals surface area contributed by atoms with Crippen LogP contribution >= 0.6 is 0 Å². The highest BCUT2D eigenvalue weighted by molar-refractivity contribution is 5.01. The molecule has 2 fully saturated rings. The number of morpholine rings is 1. The van der Waals surface area contributed by atoms with Crippen molar-refractivity contribution in [2.75, 3.05) is 26.3 Å². The number of nitrogens with one attached hydrogen (secondary N) is 1. The number of nitrogens with zero attached hydrogens (tertiary/aromatic N) is 1. The lowest BCUT2D eigenvalue weighted by atomic mass is 9.71. The summed E-state index contributed by atoms with van der Waals surface area (Å²) in [7, 11) is 0. The Morgan fingerprint density at radius 1 is 1.41 bits per heavy atom. The first-order valence-electron chi connectivity index (χ1n) is 7.01. The predicted molar refractivity (Wildman–Crippen MR) is 69.5 cm³/mol. The quantitative estimate of drug-likeness (QED) is 0.559. The van der Waals surface area contributed by atoms with E-state index in [0.29, 0.717) is 6.04 Å². The van der Waals surface area contributed by atoms with Crippen molar-refractivity contribution in [3.63, 3.8) is 0 Å². The van der Waals surface area contributed by atoms with Crippen LogP contribution in [0.4, 0.5) is 0 Å². The van der Waals surface area contributed by atoms with E-state index in [-0.39, 0.29) is 5.54 Å². The van der Waals surface area contributed by atoms with Gasteiger partial charge in [0.25, 0.3) is 0 Å². The summed E-state index contributed by atoms with van der Waals surface area (Å²) in [5.74, 6) is 6.60. The minimum Gasteiger partial charge on any atom is -0.379 e. The average Bonchev–Trinajstić information content (AvgIpc) is 2.33. The zero-order valence-corrected chi connectivity index (χ0v) is 11.2. The standard InChI is InChI=1S/C13H27N3O/c1-3-13(2,16-7-9-17-10-8-16)12(15-14)11-5-4-6-11/h11-12,15H,3-10,14H2,1-2H3. The van der Waals surface area contributed by atoms with Crippen molar-refractivity contribution in [2.24, 2.45) is 11.8 Å². The number of ether oxygens (including phenoxy) is 1. The molecule has 0 bridgehead atoms. The Labute approximate surface area is 105 Å². The molecule has 0 radical (unpaired) electrons. The molecule has 0 aromatic carbocycles. The van der Waals surface area contributed by atoms with Crippen LogP contribution in [-0.4, -0.2) is 42.8 Å². The summed E-state index contributed by atoms with van der Waals surface area (Å²) in [6, 6.07) is 0.416. The van der Waals surface area contributed by atoms with E-state index in [1.165, 1.54) is 19.3 Å². The molecule has 2 unspecified atom stereocenters. The minimum atomic E-state index is 0.170. The molecule has 4 nitrogen and oxygen atoms in total. The molecule has 0 amide bonds. The third-order valence-electron chi connectivity index (χ3n) is 4.92. The second kappa shape index (κ2) is 5.65. The van der Waals surface area contributed by atoms with Crippen LogP contribution in [0, 0.1) is 5.92 Å². The Morgan fingerprint density at radius 3 is 2.47 bits per heavy atom. The highest BCUT2D eigenvalue weighted by Gasteiger charge is 2.43. The largest absolute Gasteiger partial charge is 0.379 e. The summed E-state index contributed by atoms with van der Waals surface area (Å²) in [6.45, 7) is 8.43. The van der Waals surface area contributed by atoms with Crippen molar-refractivity contribution in [3.05, 3.63) is 0 Å². The van der Waals surface area contributed by atoms with Gasteiger partial charge in [-0.15, -0.1) is 0 Å². The average molecular weight is 241 g/mol. The summed E-state index contributed by atoms with van der Waals surface area (Å²) in [5.41, 5.74) is 3.28. The van der Waals surface area contributed by atoms with Crippen LogP contribution in [0.5, 0.6) is 0 Å². The molecule has 0 aromatic rings. The summed E-state index contributed by atoms with van der Waals surface area (Å²) in [6.07, 6.45) is 5.16. The SMILES string of the molecule is CCC(C)(C(NN)C1CCC1)N1CCOCC1. The van der Waals surface area contributed by atoms with Gasteiger partial charge < -0.3 is 4.74 Å². The lowest BCUT2D eigenvalue weighted by Crippen LogP contribution is -2.66. The monoisotopic (exact) mass is 241 g/mol.